The zero-order valence-electron chi connectivity index (χ0n) is 11.8. The van der Waals surface area contributed by atoms with Crippen LogP contribution in [0.25, 0.3) is 0 Å². The molecule has 7 heteroatoms. The van der Waals surface area contributed by atoms with Crippen LogP contribution in [0.2, 0.25) is 5.02 Å². The molecule has 1 aliphatic rings. The molecule has 0 bridgehead atoms. The molecular formula is C14H18ClNO4S. The van der Waals surface area contributed by atoms with Gasteiger partial charge in [0.2, 0.25) is 0 Å². The fourth-order valence-electron chi connectivity index (χ4n) is 2.52. The van der Waals surface area contributed by atoms with Gasteiger partial charge >= 0.3 is 5.97 Å². The van der Waals surface area contributed by atoms with Gasteiger partial charge in [0.1, 0.15) is 0 Å². The van der Waals surface area contributed by atoms with E-state index in [9.17, 15) is 13.2 Å². The van der Waals surface area contributed by atoms with Crippen molar-refractivity contribution in [3.63, 3.8) is 0 Å². The first kappa shape index (κ1) is 16.3. The Morgan fingerprint density at radius 1 is 1.48 bits per heavy atom. The number of carboxylic acid groups (broad SMARTS) is 1. The van der Waals surface area contributed by atoms with Gasteiger partial charge in [-0.1, -0.05) is 23.7 Å². The minimum Gasteiger partial charge on any atom is -0.481 e. The molecule has 0 radical (unpaired) electrons. The molecule has 0 aliphatic carbocycles. The van der Waals surface area contributed by atoms with Crippen molar-refractivity contribution in [3.8, 4) is 0 Å². The highest BCUT2D eigenvalue weighted by Crippen LogP contribution is 2.23. The summed E-state index contributed by atoms with van der Waals surface area (Å²) < 4.78 is 23.4. The van der Waals surface area contributed by atoms with Crippen LogP contribution < -0.4 is 0 Å². The fourth-order valence-corrected chi connectivity index (χ4v) is 4.41. The number of hydrogen-bond donors (Lipinski definition) is 1. The maximum absolute atomic E-state index is 11.7. The van der Waals surface area contributed by atoms with Crippen LogP contribution in [0, 0.1) is 6.92 Å². The van der Waals surface area contributed by atoms with Gasteiger partial charge in [-0.2, -0.15) is 0 Å². The number of halogens is 1. The highest BCUT2D eigenvalue weighted by molar-refractivity contribution is 7.91. The molecular weight excluding hydrogens is 314 g/mol. The Balaban J connectivity index is 2.18. The molecule has 1 aliphatic heterocycles. The largest absolute Gasteiger partial charge is 0.481 e. The Morgan fingerprint density at radius 3 is 2.81 bits per heavy atom. The van der Waals surface area contributed by atoms with Gasteiger partial charge in [-0.25, -0.2) is 8.42 Å². The summed E-state index contributed by atoms with van der Waals surface area (Å²) in [5.74, 6) is -1.04. The first-order valence-corrected chi connectivity index (χ1v) is 8.88. The fraction of sp³-hybridized carbons (Fsp3) is 0.500. The maximum atomic E-state index is 11.7. The lowest BCUT2D eigenvalue weighted by Crippen LogP contribution is -2.48. The van der Waals surface area contributed by atoms with E-state index in [4.69, 9.17) is 16.7 Å². The van der Waals surface area contributed by atoms with Crippen LogP contribution in [0.4, 0.5) is 0 Å². The van der Waals surface area contributed by atoms with Crippen LogP contribution in [0.1, 0.15) is 17.5 Å². The maximum Gasteiger partial charge on any atom is 0.304 e. The second kappa shape index (κ2) is 6.34. The summed E-state index contributed by atoms with van der Waals surface area (Å²) in [5, 5.41) is 9.59. The Hall–Kier alpha value is -1.11. The summed E-state index contributed by atoms with van der Waals surface area (Å²) in [4.78, 5) is 12.8. The van der Waals surface area contributed by atoms with Gasteiger partial charge in [-0.15, -0.1) is 0 Å². The Morgan fingerprint density at radius 2 is 2.19 bits per heavy atom. The minimum atomic E-state index is -3.16. The number of aliphatic carboxylic acids is 1. The zero-order chi connectivity index (χ0) is 15.6. The number of carbonyl (C=O) groups is 1. The molecule has 0 spiro atoms. The number of rotatable bonds is 4. The SMILES string of the molecule is Cc1ccc(CN2CCS(=O)(=O)CC2CC(=O)O)c(Cl)c1. The molecule has 1 atom stereocenters. The quantitative estimate of drug-likeness (QED) is 0.909. The molecule has 0 aromatic heterocycles. The monoisotopic (exact) mass is 331 g/mol. The third-order valence-electron chi connectivity index (χ3n) is 3.64. The molecule has 1 saturated heterocycles. The summed E-state index contributed by atoms with van der Waals surface area (Å²) in [6.45, 7) is 2.74. The number of aryl methyl sites for hydroxylation is 1. The number of sulfone groups is 1. The lowest BCUT2D eigenvalue weighted by Gasteiger charge is -2.34. The lowest BCUT2D eigenvalue weighted by molar-refractivity contribution is -0.138. The van der Waals surface area contributed by atoms with Gasteiger partial charge in [0.15, 0.2) is 9.84 Å². The molecule has 1 heterocycles. The number of benzene rings is 1. The predicted octanol–water partition coefficient (Wildman–Crippen LogP) is 1.72. The zero-order valence-corrected chi connectivity index (χ0v) is 13.3. The highest BCUT2D eigenvalue weighted by atomic mass is 35.5. The van der Waals surface area contributed by atoms with E-state index in [-0.39, 0.29) is 17.9 Å². The summed E-state index contributed by atoms with van der Waals surface area (Å²) in [6, 6.07) is 5.19. The molecule has 0 saturated carbocycles. The molecule has 21 heavy (non-hydrogen) atoms. The normalized spacial score (nSPS) is 22.1. The average molecular weight is 332 g/mol. The molecule has 5 nitrogen and oxygen atoms in total. The van der Waals surface area contributed by atoms with Gasteiger partial charge < -0.3 is 5.11 Å². The van der Waals surface area contributed by atoms with E-state index >= 15 is 0 Å². The van der Waals surface area contributed by atoms with Gasteiger partial charge in [0, 0.05) is 24.2 Å². The van der Waals surface area contributed by atoms with Gasteiger partial charge in [0.25, 0.3) is 0 Å². The van der Waals surface area contributed by atoms with Crippen molar-refractivity contribution in [1.29, 1.82) is 0 Å². The molecule has 116 valence electrons. The topological polar surface area (TPSA) is 74.7 Å². The molecule has 1 N–H and O–H groups in total. The van der Waals surface area contributed by atoms with E-state index in [1.54, 1.807) is 0 Å². The third-order valence-corrected chi connectivity index (χ3v) is 5.69. The van der Waals surface area contributed by atoms with Gasteiger partial charge in [0.05, 0.1) is 17.9 Å². The summed E-state index contributed by atoms with van der Waals surface area (Å²) in [5.41, 5.74) is 1.93. The average Bonchev–Trinajstić information content (AvgIpc) is 2.34. The smallest absolute Gasteiger partial charge is 0.304 e. The van der Waals surface area contributed by atoms with Crippen molar-refractivity contribution < 1.29 is 18.3 Å². The first-order valence-electron chi connectivity index (χ1n) is 6.68. The molecule has 2 rings (SSSR count). The van der Waals surface area contributed by atoms with Crippen LogP contribution in [0.15, 0.2) is 18.2 Å². The number of nitrogens with zero attached hydrogens (tertiary/aromatic N) is 1. The Kier molecular flexibility index (Phi) is 4.91. The summed E-state index contributed by atoms with van der Waals surface area (Å²) in [7, 11) is -3.16. The highest BCUT2D eigenvalue weighted by Gasteiger charge is 2.32. The van der Waals surface area contributed by atoms with Crippen LogP contribution in [0.5, 0.6) is 0 Å². The summed E-state index contributed by atoms with van der Waals surface area (Å²) in [6.07, 6.45) is -0.178. The standard InChI is InChI=1S/C14H18ClNO4S/c1-10-2-3-11(13(15)6-10)8-16-4-5-21(19,20)9-12(16)7-14(17)18/h2-3,6,12H,4-5,7-9H2,1H3,(H,17,18). The predicted molar refractivity (Wildman–Crippen MR) is 81.3 cm³/mol. The molecule has 1 aromatic carbocycles. The van der Waals surface area contributed by atoms with Crippen molar-refractivity contribution in [1.82, 2.24) is 4.90 Å². The third kappa shape index (κ3) is 4.43. The molecule has 1 aromatic rings. The number of carboxylic acids is 1. The van der Waals surface area contributed by atoms with Crippen LogP contribution in [-0.4, -0.2) is 48.5 Å². The Bertz CT molecular complexity index is 644. The van der Waals surface area contributed by atoms with Crippen LogP contribution in [0.3, 0.4) is 0 Å². The van der Waals surface area contributed by atoms with Gasteiger partial charge in [-0.3, -0.25) is 9.69 Å². The molecule has 1 fully saturated rings. The van der Waals surface area contributed by atoms with Crippen molar-refractivity contribution in [3.05, 3.63) is 34.3 Å². The van der Waals surface area contributed by atoms with Crippen molar-refractivity contribution in [2.24, 2.45) is 0 Å². The lowest BCUT2D eigenvalue weighted by atomic mass is 10.1. The van der Waals surface area contributed by atoms with E-state index in [0.717, 1.165) is 11.1 Å². The second-order valence-corrected chi connectivity index (χ2v) is 8.07. The minimum absolute atomic E-state index is 0.0621. The van der Waals surface area contributed by atoms with E-state index in [1.807, 2.05) is 30.0 Å². The Labute approximate surface area is 129 Å². The van der Waals surface area contributed by atoms with Crippen LogP contribution >= 0.6 is 11.6 Å². The van der Waals surface area contributed by atoms with Crippen molar-refractivity contribution in [2.75, 3.05) is 18.1 Å². The number of hydrogen-bond acceptors (Lipinski definition) is 4. The summed E-state index contributed by atoms with van der Waals surface area (Å²) >= 11 is 6.20. The van der Waals surface area contributed by atoms with Crippen molar-refractivity contribution in [2.45, 2.75) is 25.9 Å². The van der Waals surface area contributed by atoms with E-state index in [0.29, 0.717) is 18.1 Å². The van der Waals surface area contributed by atoms with Crippen LogP contribution in [-0.2, 0) is 21.2 Å². The van der Waals surface area contributed by atoms with E-state index < -0.39 is 21.8 Å². The van der Waals surface area contributed by atoms with E-state index in [2.05, 4.69) is 0 Å². The first-order chi connectivity index (χ1) is 9.77. The molecule has 1 unspecified atom stereocenters. The molecule has 0 amide bonds. The van der Waals surface area contributed by atoms with Gasteiger partial charge in [-0.05, 0) is 24.1 Å². The van der Waals surface area contributed by atoms with Crippen molar-refractivity contribution >= 4 is 27.4 Å². The van der Waals surface area contributed by atoms with E-state index in [1.165, 1.54) is 0 Å². The second-order valence-electron chi connectivity index (χ2n) is 5.43.